The van der Waals surface area contributed by atoms with E-state index in [1.54, 1.807) is 12.1 Å². The normalized spacial score (nSPS) is 10.3. The zero-order valence-electron chi connectivity index (χ0n) is 8.68. The molecule has 0 bridgehead atoms. The van der Waals surface area contributed by atoms with Crippen molar-refractivity contribution in [3.63, 3.8) is 0 Å². The van der Waals surface area contributed by atoms with E-state index in [1.807, 2.05) is 24.3 Å². The lowest BCUT2D eigenvalue weighted by atomic mass is 10.2. The number of rotatable bonds is 2. The lowest BCUT2D eigenvalue weighted by Gasteiger charge is -2.12. The van der Waals surface area contributed by atoms with Crippen LogP contribution in [0.3, 0.4) is 0 Å². The van der Waals surface area contributed by atoms with Gasteiger partial charge in [0.05, 0.1) is 21.4 Å². The molecule has 5 heteroatoms. The largest absolute Gasteiger partial charge is 0.399 e. The van der Waals surface area contributed by atoms with Crippen molar-refractivity contribution in [3.05, 3.63) is 50.0 Å². The molecule has 0 aliphatic rings. The summed E-state index contributed by atoms with van der Waals surface area (Å²) in [5.41, 5.74) is 7.84. The Balaban J connectivity index is 2.40. The molecule has 0 aromatic heterocycles. The fourth-order valence-corrected chi connectivity index (χ4v) is 2.53. The van der Waals surface area contributed by atoms with Crippen LogP contribution in [-0.2, 0) is 0 Å². The minimum Gasteiger partial charge on any atom is -0.399 e. The molecule has 0 heterocycles. The molecule has 2 nitrogen and oxygen atoms in total. The van der Waals surface area contributed by atoms with Gasteiger partial charge in [-0.3, -0.25) is 0 Å². The van der Waals surface area contributed by atoms with E-state index in [4.69, 9.17) is 28.9 Å². The highest BCUT2D eigenvalue weighted by molar-refractivity contribution is 14.1. The van der Waals surface area contributed by atoms with E-state index < -0.39 is 0 Å². The second-order valence-electron chi connectivity index (χ2n) is 3.46. The highest BCUT2D eigenvalue weighted by atomic mass is 127. The number of nitrogen functional groups attached to an aromatic ring is 1. The third-order valence-electron chi connectivity index (χ3n) is 2.20. The van der Waals surface area contributed by atoms with Crippen molar-refractivity contribution >= 4 is 62.9 Å². The summed E-state index contributed by atoms with van der Waals surface area (Å²) in [6, 6.07) is 11.2. The molecular weight excluding hydrogens is 370 g/mol. The molecule has 88 valence electrons. The molecule has 0 unspecified atom stereocenters. The van der Waals surface area contributed by atoms with Crippen LogP contribution in [0.15, 0.2) is 36.4 Å². The first-order valence-electron chi connectivity index (χ1n) is 4.84. The van der Waals surface area contributed by atoms with E-state index >= 15 is 0 Å². The Labute approximate surface area is 123 Å². The number of nitrogens with two attached hydrogens (primary N) is 1. The molecule has 0 amide bonds. The van der Waals surface area contributed by atoms with Crippen LogP contribution in [0, 0.1) is 3.57 Å². The molecular formula is C12H9Cl2IN2. The molecule has 0 radical (unpaired) electrons. The minimum absolute atomic E-state index is 0.509. The first kappa shape index (κ1) is 12.8. The van der Waals surface area contributed by atoms with Gasteiger partial charge >= 0.3 is 0 Å². The zero-order chi connectivity index (χ0) is 12.4. The Kier molecular flexibility index (Phi) is 4.01. The zero-order valence-corrected chi connectivity index (χ0v) is 12.3. The monoisotopic (exact) mass is 378 g/mol. The van der Waals surface area contributed by atoms with Gasteiger partial charge in [0.25, 0.3) is 0 Å². The molecule has 2 rings (SSSR count). The van der Waals surface area contributed by atoms with Crippen LogP contribution in [0.2, 0.25) is 10.0 Å². The van der Waals surface area contributed by atoms with Gasteiger partial charge in [-0.2, -0.15) is 0 Å². The standard InChI is InChI=1S/C12H9Cl2IN2/c13-8-5-7(16)6-9(14)12(8)17-11-4-2-1-3-10(11)15/h1-6,17H,16H2. The molecule has 2 aromatic rings. The summed E-state index contributed by atoms with van der Waals surface area (Å²) < 4.78 is 1.09. The van der Waals surface area contributed by atoms with E-state index in [0.29, 0.717) is 21.4 Å². The fourth-order valence-electron chi connectivity index (χ4n) is 1.41. The molecule has 0 saturated carbocycles. The van der Waals surface area contributed by atoms with Gasteiger partial charge in [-0.1, -0.05) is 35.3 Å². The predicted octanol–water partition coefficient (Wildman–Crippen LogP) is 4.92. The van der Waals surface area contributed by atoms with Gasteiger partial charge in [-0.25, -0.2) is 0 Å². The lowest BCUT2D eigenvalue weighted by molar-refractivity contribution is 1.52. The second-order valence-corrected chi connectivity index (χ2v) is 5.44. The first-order chi connectivity index (χ1) is 8.08. The number of para-hydroxylation sites is 1. The number of anilines is 3. The smallest absolute Gasteiger partial charge is 0.0764 e. The highest BCUT2D eigenvalue weighted by Crippen LogP contribution is 2.35. The Bertz CT molecular complexity index is 535. The minimum atomic E-state index is 0.509. The van der Waals surface area contributed by atoms with Crippen LogP contribution in [0.4, 0.5) is 17.1 Å². The quantitative estimate of drug-likeness (QED) is 0.574. The summed E-state index contributed by atoms with van der Waals surface area (Å²) in [6.07, 6.45) is 0. The van der Waals surface area contributed by atoms with E-state index in [-0.39, 0.29) is 0 Å². The molecule has 0 spiro atoms. The Morgan fingerprint density at radius 3 is 2.24 bits per heavy atom. The van der Waals surface area contributed by atoms with Crippen LogP contribution in [0.5, 0.6) is 0 Å². The van der Waals surface area contributed by atoms with Gasteiger partial charge in [0.1, 0.15) is 0 Å². The van der Waals surface area contributed by atoms with Gasteiger partial charge < -0.3 is 11.1 Å². The van der Waals surface area contributed by atoms with Crippen molar-refractivity contribution in [2.45, 2.75) is 0 Å². The van der Waals surface area contributed by atoms with Crippen LogP contribution in [0.1, 0.15) is 0 Å². The Morgan fingerprint density at radius 2 is 1.65 bits per heavy atom. The van der Waals surface area contributed by atoms with E-state index in [0.717, 1.165) is 9.26 Å². The summed E-state index contributed by atoms with van der Waals surface area (Å²) in [5, 5.41) is 4.23. The molecule has 3 N–H and O–H groups in total. The number of halogens is 3. The summed E-state index contributed by atoms with van der Waals surface area (Å²) in [6.45, 7) is 0. The molecule has 17 heavy (non-hydrogen) atoms. The third-order valence-corrected chi connectivity index (χ3v) is 3.73. The maximum atomic E-state index is 6.11. The van der Waals surface area contributed by atoms with Crippen molar-refractivity contribution < 1.29 is 0 Å². The average molecular weight is 379 g/mol. The van der Waals surface area contributed by atoms with Crippen LogP contribution in [-0.4, -0.2) is 0 Å². The van der Waals surface area contributed by atoms with E-state index in [9.17, 15) is 0 Å². The van der Waals surface area contributed by atoms with Crippen molar-refractivity contribution in [2.75, 3.05) is 11.1 Å². The summed E-state index contributed by atoms with van der Waals surface area (Å²) >= 11 is 14.5. The number of hydrogen-bond donors (Lipinski definition) is 2. The summed E-state index contributed by atoms with van der Waals surface area (Å²) in [7, 11) is 0. The maximum absolute atomic E-state index is 6.11. The summed E-state index contributed by atoms with van der Waals surface area (Å²) in [4.78, 5) is 0. The molecule has 0 aliphatic carbocycles. The second kappa shape index (κ2) is 5.33. The molecule has 2 aromatic carbocycles. The molecule has 0 atom stereocenters. The average Bonchev–Trinajstić information content (AvgIpc) is 2.25. The van der Waals surface area contributed by atoms with Gasteiger partial charge in [-0.05, 0) is 46.9 Å². The van der Waals surface area contributed by atoms with E-state index in [1.165, 1.54) is 0 Å². The highest BCUT2D eigenvalue weighted by Gasteiger charge is 2.08. The van der Waals surface area contributed by atoms with Gasteiger partial charge in [0, 0.05) is 9.26 Å². The summed E-state index contributed by atoms with van der Waals surface area (Å²) in [5.74, 6) is 0. The number of benzene rings is 2. The van der Waals surface area contributed by atoms with Crippen LogP contribution >= 0.6 is 45.8 Å². The van der Waals surface area contributed by atoms with Gasteiger partial charge in [0.15, 0.2) is 0 Å². The first-order valence-corrected chi connectivity index (χ1v) is 6.67. The predicted molar refractivity (Wildman–Crippen MR) is 83.3 cm³/mol. The van der Waals surface area contributed by atoms with E-state index in [2.05, 4.69) is 27.9 Å². The van der Waals surface area contributed by atoms with Crippen molar-refractivity contribution in [1.29, 1.82) is 0 Å². The SMILES string of the molecule is Nc1cc(Cl)c(Nc2ccccc2I)c(Cl)c1. The van der Waals surface area contributed by atoms with Gasteiger partial charge in [0.2, 0.25) is 0 Å². The molecule has 0 saturated heterocycles. The van der Waals surface area contributed by atoms with Crippen molar-refractivity contribution in [2.24, 2.45) is 0 Å². The Morgan fingerprint density at radius 1 is 1.06 bits per heavy atom. The Hall–Kier alpha value is -0.650. The number of nitrogens with one attached hydrogen (secondary N) is 1. The van der Waals surface area contributed by atoms with Crippen LogP contribution in [0.25, 0.3) is 0 Å². The third kappa shape index (κ3) is 2.97. The van der Waals surface area contributed by atoms with Crippen LogP contribution < -0.4 is 11.1 Å². The topological polar surface area (TPSA) is 38.0 Å². The molecule has 0 fully saturated rings. The molecule has 0 aliphatic heterocycles. The van der Waals surface area contributed by atoms with Gasteiger partial charge in [-0.15, -0.1) is 0 Å². The van der Waals surface area contributed by atoms with Crippen molar-refractivity contribution in [1.82, 2.24) is 0 Å². The number of hydrogen-bond acceptors (Lipinski definition) is 2. The fraction of sp³-hybridized carbons (Fsp3) is 0. The maximum Gasteiger partial charge on any atom is 0.0764 e. The van der Waals surface area contributed by atoms with Crippen molar-refractivity contribution in [3.8, 4) is 0 Å². The lowest BCUT2D eigenvalue weighted by Crippen LogP contribution is -1.96.